The van der Waals surface area contributed by atoms with E-state index in [0.717, 1.165) is 29.3 Å². The lowest BCUT2D eigenvalue weighted by molar-refractivity contribution is 0.102. The number of aryl methyl sites for hydroxylation is 2. The van der Waals surface area contributed by atoms with Crippen LogP contribution in [0.4, 0.5) is 5.69 Å². The number of hydrogen-bond donors (Lipinski definition) is 1. The summed E-state index contributed by atoms with van der Waals surface area (Å²) in [5, 5.41) is 3.00. The highest BCUT2D eigenvalue weighted by molar-refractivity contribution is 6.04. The Morgan fingerprint density at radius 1 is 1.12 bits per heavy atom. The van der Waals surface area contributed by atoms with Crippen molar-refractivity contribution in [2.75, 3.05) is 5.32 Å². The van der Waals surface area contributed by atoms with E-state index in [-0.39, 0.29) is 5.91 Å². The maximum atomic E-state index is 12.7. The lowest BCUT2D eigenvalue weighted by atomic mass is 9.74. The van der Waals surface area contributed by atoms with Crippen LogP contribution in [0.3, 0.4) is 0 Å². The monoisotopic (exact) mass is 334 g/mol. The van der Waals surface area contributed by atoms with Crippen LogP contribution in [0.15, 0.2) is 36.5 Å². The van der Waals surface area contributed by atoms with Crippen LogP contribution in [-0.2, 0) is 6.42 Å². The normalized spacial score (nSPS) is 22.4. The van der Waals surface area contributed by atoms with Crippen molar-refractivity contribution in [2.24, 2.45) is 5.92 Å². The molecule has 0 aliphatic heterocycles. The van der Waals surface area contributed by atoms with Crippen molar-refractivity contribution in [3.63, 3.8) is 0 Å². The van der Waals surface area contributed by atoms with Crippen molar-refractivity contribution < 1.29 is 4.79 Å². The van der Waals surface area contributed by atoms with E-state index >= 15 is 0 Å². The van der Waals surface area contributed by atoms with Gasteiger partial charge in [-0.05, 0) is 86.3 Å². The fraction of sp³-hybridized carbons (Fsp3) is 0.455. The van der Waals surface area contributed by atoms with Gasteiger partial charge in [0.25, 0.3) is 5.91 Å². The molecule has 1 amide bonds. The second-order valence-corrected chi connectivity index (χ2v) is 7.55. The summed E-state index contributed by atoms with van der Waals surface area (Å²) in [6.45, 7) is 1.91. The van der Waals surface area contributed by atoms with Crippen molar-refractivity contribution in [1.29, 1.82) is 0 Å². The number of carbonyl (C=O) groups is 1. The van der Waals surface area contributed by atoms with Crippen LogP contribution < -0.4 is 5.32 Å². The third kappa shape index (κ3) is 3.33. The van der Waals surface area contributed by atoms with E-state index in [2.05, 4.69) is 22.4 Å². The summed E-state index contributed by atoms with van der Waals surface area (Å²) < 4.78 is 0. The molecule has 1 fully saturated rings. The molecule has 0 bridgehead atoms. The quantitative estimate of drug-likeness (QED) is 0.814. The minimum atomic E-state index is -0.0386. The summed E-state index contributed by atoms with van der Waals surface area (Å²) in [4.78, 5) is 16.9. The number of carbonyl (C=O) groups excluding carboxylic acids is 1. The summed E-state index contributed by atoms with van der Waals surface area (Å²) in [6.07, 6.45) is 10.9. The van der Waals surface area contributed by atoms with Gasteiger partial charge in [0.1, 0.15) is 0 Å². The van der Waals surface area contributed by atoms with Crippen molar-refractivity contribution >= 4 is 11.6 Å². The summed E-state index contributed by atoms with van der Waals surface area (Å²) in [5.74, 6) is 1.53. The third-order valence-corrected chi connectivity index (χ3v) is 5.99. The van der Waals surface area contributed by atoms with Gasteiger partial charge in [-0.25, -0.2) is 0 Å². The van der Waals surface area contributed by atoms with Crippen LogP contribution in [0.5, 0.6) is 0 Å². The summed E-state index contributed by atoms with van der Waals surface area (Å²) >= 11 is 0. The molecule has 1 heterocycles. The van der Waals surface area contributed by atoms with E-state index in [4.69, 9.17) is 0 Å². The molecule has 4 rings (SSSR count). The fourth-order valence-electron chi connectivity index (χ4n) is 4.65. The molecule has 25 heavy (non-hydrogen) atoms. The maximum Gasteiger partial charge on any atom is 0.255 e. The van der Waals surface area contributed by atoms with E-state index in [0.29, 0.717) is 5.92 Å². The predicted octanol–water partition coefficient (Wildman–Crippen LogP) is 5.25. The standard InChI is InChI=1S/C22H26N2O/c1-15-21(10-5-13-23-15)24-22(25)18-11-12-20-17(14-18)8-4-7-16-6-2-3-9-19(16)20/h5,10-14,16,19H,2-4,6-9H2,1H3,(H,24,25). The minimum Gasteiger partial charge on any atom is -0.320 e. The Kier molecular flexibility index (Phi) is 4.56. The van der Waals surface area contributed by atoms with Crippen LogP contribution in [0.1, 0.15) is 71.6 Å². The molecule has 2 aliphatic carbocycles. The Balaban J connectivity index is 1.59. The Morgan fingerprint density at radius 3 is 2.84 bits per heavy atom. The molecule has 0 saturated heterocycles. The third-order valence-electron chi connectivity index (χ3n) is 5.99. The van der Waals surface area contributed by atoms with Gasteiger partial charge >= 0.3 is 0 Å². The molecular weight excluding hydrogens is 308 g/mol. The van der Waals surface area contributed by atoms with Crippen LogP contribution in [-0.4, -0.2) is 10.9 Å². The first kappa shape index (κ1) is 16.3. The number of aromatic nitrogens is 1. The molecule has 0 spiro atoms. The number of anilines is 1. The van der Waals surface area contributed by atoms with Crippen molar-refractivity contribution in [3.8, 4) is 0 Å². The highest BCUT2D eigenvalue weighted by Crippen LogP contribution is 2.44. The molecule has 1 N–H and O–H groups in total. The first-order valence-corrected chi connectivity index (χ1v) is 9.58. The molecule has 3 nitrogen and oxygen atoms in total. The molecular formula is C22H26N2O. The number of benzene rings is 1. The fourth-order valence-corrected chi connectivity index (χ4v) is 4.65. The minimum absolute atomic E-state index is 0.0386. The van der Waals surface area contributed by atoms with Crippen LogP contribution in [0.2, 0.25) is 0 Å². The SMILES string of the molecule is Cc1ncccc1NC(=O)c1ccc2c(c1)CCCC1CCCCC21. The Hall–Kier alpha value is -2.16. The molecule has 2 aromatic rings. The van der Waals surface area contributed by atoms with Gasteiger partial charge in [0.05, 0.1) is 11.4 Å². The Labute approximate surface area is 149 Å². The first-order chi connectivity index (χ1) is 12.2. The van der Waals surface area contributed by atoms with E-state index in [1.807, 2.05) is 25.1 Å². The zero-order valence-electron chi connectivity index (χ0n) is 14.9. The van der Waals surface area contributed by atoms with Gasteiger partial charge in [-0.15, -0.1) is 0 Å². The predicted molar refractivity (Wildman–Crippen MR) is 101 cm³/mol. The Bertz CT molecular complexity index is 783. The molecule has 1 aromatic heterocycles. The number of rotatable bonds is 2. The van der Waals surface area contributed by atoms with Gasteiger partial charge in [-0.1, -0.05) is 18.9 Å². The van der Waals surface area contributed by atoms with E-state index < -0.39 is 0 Å². The van der Waals surface area contributed by atoms with Crippen LogP contribution >= 0.6 is 0 Å². The lowest BCUT2D eigenvalue weighted by Gasteiger charge is -2.31. The molecule has 1 saturated carbocycles. The second kappa shape index (κ2) is 6.99. The van der Waals surface area contributed by atoms with Gasteiger partial charge in [-0.2, -0.15) is 0 Å². The summed E-state index contributed by atoms with van der Waals surface area (Å²) in [6, 6.07) is 10.1. The average Bonchev–Trinajstić information content (AvgIpc) is 2.82. The summed E-state index contributed by atoms with van der Waals surface area (Å²) in [5.41, 5.74) is 5.29. The van der Waals surface area contributed by atoms with E-state index in [9.17, 15) is 4.79 Å². The zero-order chi connectivity index (χ0) is 17.2. The van der Waals surface area contributed by atoms with Gasteiger partial charge in [0, 0.05) is 11.8 Å². The van der Waals surface area contributed by atoms with Crippen molar-refractivity contribution in [3.05, 3.63) is 58.9 Å². The number of nitrogens with zero attached hydrogens (tertiary/aromatic N) is 1. The van der Waals surface area contributed by atoms with Gasteiger partial charge < -0.3 is 5.32 Å². The number of nitrogens with one attached hydrogen (secondary N) is 1. The number of fused-ring (bicyclic) bond motifs is 3. The summed E-state index contributed by atoms with van der Waals surface area (Å²) in [7, 11) is 0. The van der Waals surface area contributed by atoms with Crippen molar-refractivity contribution in [2.45, 2.75) is 57.8 Å². The largest absolute Gasteiger partial charge is 0.320 e. The second-order valence-electron chi connectivity index (χ2n) is 7.55. The van der Waals surface area contributed by atoms with Gasteiger partial charge in [0.15, 0.2) is 0 Å². The molecule has 0 radical (unpaired) electrons. The van der Waals surface area contributed by atoms with Gasteiger partial charge in [-0.3, -0.25) is 9.78 Å². The maximum absolute atomic E-state index is 12.7. The highest BCUT2D eigenvalue weighted by Gasteiger charge is 2.30. The first-order valence-electron chi connectivity index (χ1n) is 9.58. The topological polar surface area (TPSA) is 42.0 Å². The lowest BCUT2D eigenvalue weighted by Crippen LogP contribution is -2.18. The zero-order valence-corrected chi connectivity index (χ0v) is 14.9. The molecule has 2 unspecified atom stereocenters. The van der Waals surface area contributed by atoms with Gasteiger partial charge in [0.2, 0.25) is 0 Å². The highest BCUT2D eigenvalue weighted by atomic mass is 16.1. The Morgan fingerprint density at radius 2 is 1.96 bits per heavy atom. The molecule has 2 aliphatic rings. The molecule has 3 heteroatoms. The molecule has 130 valence electrons. The van der Waals surface area contributed by atoms with E-state index in [1.54, 1.807) is 6.20 Å². The number of amides is 1. The number of hydrogen-bond acceptors (Lipinski definition) is 2. The molecule has 2 atom stereocenters. The molecule has 1 aromatic carbocycles. The van der Waals surface area contributed by atoms with Crippen LogP contribution in [0.25, 0.3) is 0 Å². The van der Waals surface area contributed by atoms with Crippen LogP contribution in [0, 0.1) is 12.8 Å². The number of pyridine rings is 1. The average molecular weight is 334 g/mol. The van der Waals surface area contributed by atoms with Crippen molar-refractivity contribution in [1.82, 2.24) is 4.98 Å². The smallest absolute Gasteiger partial charge is 0.255 e. The van der Waals surface area contributed by atoms with E-state index in [1.165, 1.54) is 49.7 Å².